The van der Waals surface area contributed by atoms with Crippen LogP contribution in [0.2, 0.25) is 0 Å². The lowest BCUT2D eigenvalue weighted by Crippen LogP contribution is -0.990. The number of hydrogen-bond donors (Lipinski definition) is 0. The maximum atomic E-state index is 10.1. The predicted molar refractivity (Wildman–Crippen MR) is 21.7 cm³/mol. The molecular weight excluding hydrogens is 75.1 g/mol. The summed E-state index contributed by atoms with van der Waals surface area (Å²) in [5, 5.41) is 0. The second-order valence-corrected chi connectivity index (χ2v) is 0.154. The number of halogens is 1. The Labute approximate surface area is 31.8 Å². The predicted octanol–water partition coefficient (Wildman–Crippen LogP) is 1.21. The van der Waals surface area contributed by atoms with E-state index in [9.17, 15) is 4.39 Å². The molecule has 4 heavy (non-hydrogen) atoms. The molecule has 0 saturated heterocycles. The Bertz CT molecular complexity index is 13.5. The smallest absolute Gasteiger partial charge is 0.0795 e. The molecule has 0 aromatic carbocycles. The lowest BCUT2D eigenvalue weighted by atomic mass is 11.2. The molecule has 0 spiro atoms. The fourth-order valence-electron chi connectivity index (χ4n) is 0. The molecule has 0 bridgehead atoms. The maximum Gasteiger partial charge on any atom is 0.0795 e. The van der Waals surface area contributed by atoms with Crippen LogP contribution in [0.4, 0.5) is 4.39 Å². The van der Waals surface area contributed by atoms with Crippen molar-refractivity contribution >= 4 is 13.5 Å². The third-order valence-corrected chi connectivity index (χ3v) is 0. The first kappa shape index (κ1) is 8.99. The molecule has 0 unspecified atom stereocenters. The zero-order valence-electron chi connectivity index (χ0n) is 2.16. The summed E-state index contributed by atoms with van der Waals surface area (Å²) in [6.07, 6.45) is 0.250. The summed E-state index contributed by atoms with van der Waals surface area (Å²) in [7, 11) is 0. The van der Waals surface area contributed by atoms with Crippen molar-refractivity contribution < 1.29 is 4.39 Å². The van der Waals surface area contributed by atoms with E-state index in [2.05, 4.69) is 6.58 Å². The van der Waals surface area contributed by atoms with Gasteiger partial charge in [0.1, 0.15) is 0 Å². The molecule has 0 N–H and O–H groups in total. The van der Waals surface area contributed by atoms with E-state index in [0.717, 1.165) is 0 Å². The lowest BCUT2D eigenvalue weighted by Gasteiger charge is -1.28. The Morgan fingerprint density at radius 3 is 1.75 bits per heavy atom. The Kier molecular flexibility index (Phi) is 26.6. The van der Waals surface area contributed by atoms with E-state index in [0.29, 0.717) is 0 Å². The van der Waals surface area contributed by atoms with Crippen molar-refractivity contribution in [3.05, 3.63) is 12.9 Å². The van der Waals surface area contributed by atoms with E-state index >= 15 is 0 Å². The van der Waals surface area contributed by atoms with Crippen LogP contribution in [0, 0.1) is 0 Å². The second-order valence-electron chi connectivity index (χ2n) is 0.154. The van der Waals surface area contributed by atoms with Crippen LogP contribution in [0.15, 0.2) is 12.9 Å². The highest BCUT2D eigenvalue weighted by Gasteiger charge is 1.19. The number of hydrogen-bond acceptors (Lipinski definition) is 0. The van der Waals surface area contributed by atoms with E-state index < -0.39 is 0 Å². The molecule has 0 heterocycles. The first-order valence-electron chi connectivity index (χ1n) is 0.626. The molecule has 0 nitrogen and oxygen atoms in total. The molecule has 0 amide bonds. The summed E-state index contributed by atoms with van der Waals surface area (Å²) in [6, 6.07) is 0. The summed E-state index contributed by atoms with van der Waals surface area (Å²) in [5.41, 5.74) is 0. The minimum absolute atomic E-state index is 0. The van der Waals surface area contributed by atoms with Gasteiger partial charge in [0.15, 0.2) is 0 Å². The number of rotatable bonds is 0. The molecule has 2 heteroatoms. The highest BCUT2D eigenvalue weighted by molar-refractivity contribution is 7.59. The van der Waals surface area contributed by atoms with Gasteiger partial charge in [-0.25, -0.2) is 4.39 Å². The zero-order valence-corrected chi connectivity index (χ0v) is 3.16. The van der Waals surface area contributed by atoms with Gasteiger partial charge in [-0.1, -0.05) is 6.58 Å². The van der Waals surface area contributed by atoms with Crippen LogP contribution >= 0.6 is 13.5 Å². The van der Waals surface area contributed by atoms with Crippen LogP contribution in [0.3, 0.4) is 0 Å². The van der Waals surface area contributed by atoms with Crippen molar-refractivity contribution in [2.75, 3.05) is 0 Å². The monoisotopic (exact) mass is 80.0 g/mol. The molecule has 0 fully saturated rings. The van der Waals surface area contributed by atoms with E-state index in [1.807, 2.05) is 0 Å². The Morgan fingerprint density at radius 1 is 1.75 bits per heavy atom. The van der Waals surface area contributed by atoms with Gasteiger partial charge in [-0.15, -0.1) is 0 Å². The van der Waals surface area contributed by atoms with Gasteiger partial charge in [-0.2, -0.15) is 13.5 Å². The van der Waals surface area contributed by atoms with Gasteiger partial charge in [0.25, 0.3) is 0 Å². The van der Waals surface area contributed by atoms with E-state index in [4.69, 9.17) is 0 Å². The molecule has 0 aliphatic heterocycles. The van der Waals surface area contributed by atoms with Gasteiger partial charge in [0.05, 0.1) is 6.33 Å². The quantitative estimate of drug-likeness (QED) is 0.410. The van der Waals surface area contributed by atoms with Gasteiger partial charge in [0.2, 0.25) is 0 Å². The molecule has 0 rings (SSSR count). The van der Waals surface area contributed by atoms with Crippen LogP contribution < -0.4 is 0 Å². The molecule has 0 aliphatic carbocycles. The fraction of sp³-hybridized carbons (Fsp3) is 0. The van der Waals surface area contributed by atoms with Crippen LogP contribution in [0.5, 0.6) is 0 Å². The van der Waals surface area contributed by atoms with Crippen molar-refractivity contribution in [1.29, 1.82) is 0 Å². The largest absolute Gasteiger partial charge is 0.216 e. The van der Waals surface area contributed by atoms with Gasteiger partial charge >= 0.3 is 0 Å². The Balaban J connectivity index is 0. The normalized spacial score (nSPS) is 3.25. The standard InChI is InChI=1S/C2H3F.H2S/c1-2-3;/h2H,1H2;1H2. The molecule has 0 aliphatic rings. The van der Waals surface area contributed by atoms with Crippen LogP contribution in [0.25, 0.3) is 0 Å². The minimum Gasteiger partial charge on any atom is -0.216 e. The molecule has 0 radical (unpaired) electrons. The van der Waals surface area contributed by atoms with Crippen molar-refractivity contribution in [3.63, 3.8) is 0 Å². The molecular formula is C2H5FS. The first-order valence-corrected chi connectivity index (χ1v) is 0.626. The summed E-state index contributed by atoms with van der Waals surface area (Å²) in [6.45, 7) is 2.69. The average Bonchev–Trinajstić information content (AvgIpc) is 0.918. The van der Waals surface area contributed by atoms with Gasteiger partial charge in [-0.05, 0) is 0 Å². The van der Waals surface area contributed by atoms with Crippen LogP contribution in [-0.4, -0.2) is 0 Å². The Morgan fingerprint density at radius 2 is 1.75 bits per heavy atom. The summed E-state index contributed by atoms with van der Waals surface area (Å²) in [5.74, 6) is 0. The average molecular weight is 80.1 g/mol. The lowest BCUT2D eigenvalue weighted by molar-refractivity contribution is 0.725. The molecule has 0 aromatic heterocycles. The maximum absolute atomic E-state index is 10.1. The van der Waals surface area contributed by atoms with Crippen molar-refractivity contribution in [3.8, 4) is 0 Å². The van der Waals surface area contributed by atoms with E-state index in [1.165, 1.54) is 0 Å². The van der Waals surface area contributed by atoms with E-state index in [1.54, 1.807) is 0 Å². The Hall–Kier alpha value is 0.0200. The van der Waals surface area contributed by atoms with Crippen LogP contribution in [0.1, 0.15) is 0 Å². The topological polar surface area (TPSA) is 0 Å². The van der Waals surface area contributed by atoms with Crippen molar-refractivity contribution in [2.24, 2.45) is 0 Å². The minimum atomic E-state index is 0. The van der Waals surface area contributed by atoms with Crippen LogP contribution in [-0.2, 0) is 0 Å². The summed E-state index contributed by atoms with van der Waals surface area (Å²) >= 11 is 0. The zero-order chi connectivity index (χ0) is 2.71. The molecule has 0 saturated carbocycles. The SMILES string of the molecule is C=CF.S. The van der Waals surface area contributed by atoms with Crippen molar-refractivity contribution in [1.82, 2.24) is 0 Å². The first-order chi connectivity index (χ1) is 1.41. The third-order valence-electron chi connectivity index (χ3n) is 0. The fourth-order valence-corrected chi connectivity index (χ4v) is 0. The highest BCUT2D eigenvalue weighted by atomic mass is 32.1. The second kappa shape index (κ2) is 11.8. The van der Waals surface area contributed by atoms with Gasteiger partial charge < -0.3 is 0 Å². The van der Waals surface area contributed by atoms with Crippen molar-refractivity contribution in [2.45, 2.75) is 0 Å². The highest BCUT2D eigenvalue weighted by Crippen LogP contribution is 1.48. The summed E-state index contributed by atoms with van der Waals surface area (Å²) < 4.78 is 10.1. The molecule has 26 valence electrons. The summed E-state index contributed by atoms with van der Waals surface area (Å²) in [4.78, 5) is 0. The van der Waals surface area contributed by atoms with Gasteiger partial charge in [0, 0.05) is 0 Å². The van der Waals surface area contributed by atoms with E-state index in [-0.39, 0.29) is 19.8 Å². The molecule has 0 atom stereocenters. The molecule has 0 aromatic rings. The van der Waals surface area contributed by atoms with Gasteiger partial charge in [-0.3, -0.25) is 0 Å². The third kappa shape index (κ3) is 5250.